The van der Waals surface area contributed by atoms with Crippen molar-refractivity contribution in [2.45, 2.75) is 52.6 Å². The second-order valence-corrected chi connectivity index (χ2v) is 7.11. The molecule has 0 aliphatic carbocycles. The molecule has 1 fully saturated rings. The molecule has 0 aromatic heterocycles. The Balaban J connectivity index is 0. The summed E-state index contributed by atoms with van der Waals surface area (Å²) in [4.78, 5) is 13.8. The van der Waals surface area contributed by atoms with Crippen LogP contribution in [0.3, 0.4) is 0 Å². The molecule has 0 spiro atoms. The fourth-order valence-electron chi connectivity index (χ4n) is 2.76. The standard InChI is InChI=1S/C18H37N3O3.2H2/c1-15(2)18(22)19-7-11-23-13-14-24-12-10-21-8-5-17(6-9-21)20-16(3)4;;/h15-17,20H,5-14H2,1-4H3,(H,19,22);2*1H. The van der Waals surface area contributed by atoms with E-state index in [1.165, 1.54) is 12.8 Å². The van der Waals surface area contributed by atoms with Gasteiger partial charge in [0.25, 0.3) is 0 Å². The molecule has 0 saturated carbocycles. The summed E-state index contributed by atoms with van der Waals surface area (Å²) >= 11 is 0. The van der Waals surface area contributed by atoms with Gasteiger partial charge in [0.05, 0.1) is 26.4 Å². The zero-order valence-electron chi connectivity index (χ0n) is 16.0. The summed E-state index contributed by atoms with van der Waals surface area (Å²) in [5, 5.41) is 6.44. The maximum atomic E-state index is 11.3. The van der Waals surface area contributed by atoms with Crippen LogP contribution in [-0.2, 0) is 14.3 Å². The highest BCUT2D eigenvalue weighted by atomic mass is 16.5. The van der Waals surface area contributed by atoms with Gasteiger partial charge >= 0.3 is 0 Å². The lowest BCUT2D eigenvalue weighted by Crippen LogP contribution is -2.45. The number of likely N-dealkylation sites (tertiary alicyclic amines) is 1. The van der Waals surface area contributed by atoms with Crippen molar-refractivity contribution in [1.29, 1.82) is 0 Å². The third kappa shape index (κ3) is 10.2. The van der Waals surface area contributed by atoms with Gasteiger partial charge in [0.1, 0.15) is 0 Å². The highest BCUT2D eigenvalue weighted by Gasteiger charge is 2.18. The van der Waals surface area contributed by atoms with Gasteiger partial charge in [-0.05, 0) is 25.9 Å². The van der Waals surface area contributed by atoms with Crippen molar-refractivity contribution < 1.29 is 17.1 Å². The Hall–Kier alpha value is -0.690. The SMILES string of the molecule is CC(C)NC1CCN(CCOCCOCCNC(=O)C(C)C)CC1.[HH].[HH]. The number of rotatable bonds is 12. The molecule has 1 heterocycles. The molecule has 1 aliphatic rings. The zero-order valence-corrected chi connectivity index (χ0v) is 16.0. The number of amides is 1. The van der Waals surface area contributed by atoms with Crippen LogP contribution in [0.2, 0.25) is 0 Å². The molecular formula is C18H41N3O3. The van der Waals surface area contributed by atoms with Crippen molar-refractivity contribution in [3.63, 3.8) is 0 Å². The fraction of sp³-hybridized carbons (Fsp3) is 0.944. The number of hydrogen-bond acceptors (Lipinski definition) is 5. The first-order valence-corrected chi connectivity index (χ1v) is 9.40. The van der Waals surface area contributed by atoms with Gasteiger partial charge in [0.2, 0.25) is 5.91 Å². The Morgan fingerprint density at radius 3 is 2.29 bits per heavy atom. The van der Waals surface area contributed by atoms with Crippen LogP contribution in [0.5, 0.6) is 0 Å². The molecule has 146 valence electrons. The van der Waals surface area contributed by atoms with Gasteiger partial charge in [0, 0.05) is 33.9 Å². The molecular weight excluding hydrogens is 306 g/mol. The number of hydrogen-bond donors (Lipinski definition) is 2. The third-order valence-corrected chi connectivity index (χ3v) is 4.15. The highest BCUT2D eigenvalue weighted by Crippen LogP contribution is 2.10. The van der Waals surface area contributed by atoms with Crippen molar-refractivity contribution in [1.82, 2.24) is 15.5 Å². The lowest BCUT2D eigenvalue weighted by Gasteiger charge is -2.33. The molecule has 0 atom stereocenters. The molecule has 0 bridgehead atoms. The molecule has 0 unspecified atom stereocenters. The van der Waals surface area contributed by atoms with E-state index in [0.717, 1.165) is 26.2 Å². The molecule has 0 aromatic rings. The van der Waals surface area contributed by atoms with Crippen molar-refractivity contribution >= 4 is 5.91 Å². The Labute approximate surface area is 150 Å². The topological polar surface area (TPSA) is 62.8 Å². The van der Waals surface area contributed by atoms with Crippen LogP contribution in [0.1, 0.15) is 43.4 Å². The van der Waals surface area contributed by atoms with Crippen LogP contribution in [0.25, 0.3) is 0 Å². The first kappa shape index (κ1) is 21.4. The minimum absolute atomic E-state index is 0. The predicted octanol–water partition coefficient (Wildman–Crippen LogP) is 1.75. The lowest BCUT2D eigenvalue weighted by molar-refractivity contribution is -0.124. The van der Waals surface area contributed by atoms with Gasteiger partial charge in [-0.3, -0.25) is 4.79 Å². The van der Waals surface area contributed by atoms with E-state index in [-0.39, 0.29) is 14.7 Å². The van der Waals surface area contributed by atoms with Crippen LogP contribution in [0, 0.1) is 5.92 Å². The van der Waals surface area contributed by atoms with E-state index in [2.05, 4.69) is 29.4 Å². The van der Waals surface area contributed by atoms with E-state index in [0.29, 0.717) is 38.4 Å². The Kier molecular flexibility index (Phi) is 11.2. The summed E-state index contributed by atoms with van der Waals surface area (Å²) in [5.41, 5.74) is 0. The van der Waals surface area contributed by atoms with Crippen LogP contribution in [0.15, 0.2) is 0 Å². The average Bonchev–Trinajstić information content (AvgIpc) is 2.54. The van der Waals surface area contributed by atoms with E-state index in [1.807, 2.05) is 13.8 Å². The van der Waals surface area contributed by atoms with Crippen molar-refractivity contribution in [2.75, 3.05) is 52.6 Å². The van der Waals surface area contributed by atoms with E-state index >= 15 is 0 Å². The third-order valence-electron chi connectivity index (χ3n) is 4.15. The fourth-order valence-corrected chi connectivity index (χ4v) is 2.76. The second kappa shape index (κ2) is 12.6. The lowest BCUT2D eigenvalue weighted by atomic mass is 10.0. The van der Waals surface area contributed by atoms with Crippen molar-refractivity contribution in [3.8, 4) is 0 Å². The predicted molar refractivity (Wildman–Crippen MR) is 101 cm³/mol. The first-order valence-electron chi connectivity index (χ1n) is 9.40. The molecule has 1 rings (SSSR count). The van der Waals surface area contributed by atoms with E-state index in [4.69, 9.17) is 9.47 Å². The van der Waals surface area contributed by atoms with Gasteiger partial charge in [-0.2, -0.15) is 0 Å². The normalized spacial score (nSPS) is 16.9. The quantitative estimate of drug-likeness (QED) is 0.527. The zero-order chi connectivity index (χ0) is 17.8. The summed E-state index contributed by atoms with van der Waals surface area (Å²) < 4.78 is 11.1. The monoisotopic (exact) mass is 347 g/mol. The van der Waals surface area contributed by atoms with Gasteiger partial charge in [-0.15, -0.1) is 0 Å². The van der Waals surface area contributed by atoms with Gasteiger partial charge in [-0.1, -0.05) is 27.7 Å². The molecule has 6 nitrogen and oxygen atoms in total. The van der Waals surface area contributed by atoms with E-state index in [9.17, 15) is 4.79 Å². The molecule has 1 amide bonds. The van der Waals surface area contributed by atoms with Crippen LogP contribution >= 0.6 is 0 Å². The van der Waals surface area contributed by atoms with Crippen LogP contribution in [-0.4, -0.2) is 75.5 Å². The summed E-state index contributed by atoms with van der Waals surface area (Å²) in [6, 6.07) is 1.25. The van der Waals surface area contributed by atoms with E-state index < -0.39 is 0 Å². The number of nitrogens with one attached hydrogen (secondary N) is 2. The van der Waals surface area contributed by atoms with Crippen molar-refractivity contribution in [3.05, 3.63) is 0 Å². The summed E-state index contributed by atoms with van der Waals surface area (Å²) in [6.07, 6.45) is 2.45. The molecule has 0 radical (unpaired) electrons. The highest BCUT2D eigenvalue weighted by molar-refractivity contribution is 5.77. The summed E-state index contributed by atoms with van der Waals surface area (Å²) in [5.74, 6) is 0.0989. The number of ether oxygens (including phenoxy) is 2. The minimum Gasteiger partial charge on any atom is -0.378 e. The largest absolute Gasteiger partial charge is 0.378 e. The molecule has 2 N–H and O–H groups in total. The Morgan fingerprint density at radius 1 is 1.08 bits per heavy atom. The number of carbonyl (C=O) groups is 1. The van der Waals surface area contributed by atoms with Gasteiger partial charge in [-0.25, -0.2) is 0 Å². The molecule has 1 aliphatic heterocycles. The molecule has 0 aromatic carbocycles. The number of carbonyl (C=O) groups excluding carboxylic acids is 1. The molecule has 6 heteroatoms. The number of nitrogens with zero attached hydrogens (tertiary/aromatic N) is 1. The van der Waals surface area contributed by atoms with E-state index in [1.54, 1.807) is 0 Å². The van der Waals surface area contributed by atoms with Crippen LogP contribution < -0.4 is 10.6 Å². The van der Waals surface area contributed by atoms with Gasteiger partial charge < -0.3 is 25.0 Å². The minimum atomic E-state index is 0. The number of piperidine rings is 1. The Morgan fingerprint density at radius 2 is 1.71 bits per heavy atom. The maximum Gasteiger partial charge on any atom is 0.222 e. The summed E-state index contributed by atoms with van der Waals surface area (Å²) in [7, 11) is 0. The van der Waals surface area contributed by atoms with Gasteiger partial charge in [0.15, 0.2) is 0 Å². The van der Waals surface area contributed by atoms with Crippen LogP contribution in [0.4, 0.5) is 0 Å². The average molecular weight is 348 g/mol. The summed E-state index contributed by atoms with van der Waals surface area (Å²) in [6.45, 7) is 14.5. The maximum absolute atomic E-state index is 11.3. The second-order valence-electron chi connectivity index (χ2n) is 7.11. The first-order chi connectivity index (χ1) is 11.5. The smallest absolute Gasteiger partial charge is 0.222 e. The molecule has 24 heavy (non-hydrogen) atoms. The Bertz CT molecular complexity index is 340. The molecule has 1 saturated heterocycles. The van der Waals surface area contributed by atoms with Crippen molar-refractivity contribution in [2.24, 2.45) is 5.92 Å².